The Labute approximate surface area is 127 Å². The van der Waals surface area contributed by atoms with Crippen LogP contribution < -0.4 is 21.0 Å². The van der Waals surface area contributed by atoms with Gasteiger partial charge in [0.2, 0.25) is 5.95 Å². The summed E-state index contributed by atoms with van der Waals surface area (Å²) in [5.74, 6) is 1.36. The Hall–Kier alpha value is -2.64. The van der Waals surface area contributed by atoms with Gasteiger partial charge in [0.15, 0.2) is 0 Å². The minimum atomic E-state index is -0.309. The van der Waals surface area contributed by atoms with Crippen LogP contribution >= 0.6 is 0 Å². The van der Waals surface area contributed by atoms with Crippen molar-refractivity contribution in [1.29, 1.82) is 0 Å². The minimum Gasteiger partial charge on any atom is -0.354 e. The van der Waals surface area contributed by atoms with Crippen molar-refractivity contribution in [3.63, 3.8) is 0 Å². The second-order valence-electron chi connectivity index (χ2n) is 5.26. The highest BCUT2D eigenvalue weighted by Crippen LogP contribution is 2.15. The largest absolute Gasteiger partial charge is 0.354 e. The van der Waals surface area contributed by atoms with Crippen molar-refractivity contribution in [3.05, 3.63) is 45.4 Å². The molecule has 0 atom stereocenters. The molecule has 0 N–H and O–H groups in total. The van der Waals surface area contributed by atoms with E-state index in [0.717, 1.165) is 17.7 Å². The van der Waals surface area contributed by atoms with Gasteiger partial charge < -0.3 is 9.80 Å². The van der Waals surface area contributed by atoms with E-state index in [-0.39, 0.29) is 11.2 Å². The van der Waals surface area contributed by atoms with Crippen LogP contribution in [0.15, 0.2) is 34.1 Å². The van der Waals surface area contributed by atoms with Crippen molar-refractivity contribution >= 4 is 11.8 Å². The summed E-state index contributed by atoms with van der Waals surface area (Å²) >= 11 is 0. The third-order valence-electron chi connectivity index (χ3n) is 3.94. The van der Waals surface area contributed by atoms with Crippen LogP contribution in [0.5, 0.6) is 0 Å². The fourth-order valence-electron chi connectivity index (χ4n) is 2.61. The molecule has 0 aliphatic carbocycles. The highest BCUT2D eigenvalue weighted by molar-refractivity contribution is 5.42. The monoisotopic (exact) mass is 302 g/mol. The summed E-state index contributed by atoms with van der Waals surface area (Å²) in [6.07, 6.45) is 3.44. The molecular weight excluding hydrogens is 284 g/mol. The molecule has 1 aliphatic heterocycles. The molecule has 0 aromatic carbocycles. The summed E-state index contributed by atoms with van der Waals surface area (Å²) in [6.45, 7) is 2.90. The number of hydrogen-bond donors (Lipinski definition) is 0. The highest BCUT2D eigenvalue weighted by Gasteiger charge is 2.21. The van der Waals surface area contributed by atoms with Crippen LogP contribution in [0.25, 0.3) is 0 Å². The zero-order valence-corrected chi connectivity index (χ0v) is 12.6. The van der Waals surface area contributed by atoms with Gasteiger partial charge in [-0.05, 0) is 6.07 Å². The van der Waals surface area contributed by atoms with Crippen molar-refractivity contribution in [3.8, 4) is 0 Å². The molecule has 2 aromatic rings. The molecule has 3 rings (SSSR count). The van der Waals surface area contributed by atoms with Gasteiger partial charge in [0.05, 0.1) is 0 Å². The van der Waals surface area contributed by atoms with Crippen LogP contribution in [0.2, 0.25) is 0 Å². The molecule has 3 heterocycles. The first kappa shape index (κ1) is 14.3. The second-order valence-corrected chi connectivity index (χ2v) is 5.26. The number of piperazine rings is 1. The average molecular weight is 302 g/mol. The number of hydrogen-bond acceptors (Lipinski definition) is 6. The Morgan fingerprint density at radius 3 is 2.14 bits per heavy atom. The van der Waals surface area contributed by atoms with E-state index in [4.69, 9.17) is 0 Å². The van der Waals surface area contributed by atoms with Gasteiger partial charge >= 0.3 is 5.69 Å². The van der Waals surface area contributed by atoms with E-state index in [1.54, 1.807) is 25.5 Å². The first-order valence-electron chi connectivity index (χ1n) is 7.12. The second kappa shape index (κ2) is 5.63. The van der Waals surface area contributed by atoms with Crippen LogP contribution in [0.1, 0.15) is 0 Å². The van der Waals surface area contributed by atoms with Crippen LogP contribution in [-0.2, 0) is 14.1 Å². The molecule has 1 aliphatic rings. The van der Waals surface area contributed by atoms with Gasteiger partial charge in [0.1, 0.15) is 5.82 Å². The third kappa shape index (κ3) is 2.47. The summed E-state index contributed by atoms with van der Waals surface area (Å²) in [5, 5.41) is 0. The van der Waals surface area contributed by atoms with E-state index in [2.05, 4.69) is 14.9 Å². The molecule has 0 bridgehead atoms. The van der Waals surface area contributed by atoms with E-state index >= 15 is 0 Å². The summed E-state index contributed by atoms with van der Waals surface area (Å²) < 4.78 is 2.62. The molecule has 8 nitrogen and oxygen atoms in total. The summed E-state index contributed by atoms with van der Waals surface area (Å²) in [6, 6.07) is 3.30. The third-order valence-corrected chi connectivity index (χ3v) is 3.94. The number of rotatable bonds is 2. The summed E-state index contributed by atoms with van der Waals surface area (Å²) in [7, 11) is 3.17. The molecule has 0 radical (unpaired) electrons. The highest BCUT2D eigenvalue weighted by atomic mass is 16.2. The molecule has 0 unspecified atom stereocenters. The predicted octanol–water partition coefficient (Wildman–Crippen LogP) is -0.799. The van der Waals surface area contributed by atoms with Gasteiger partial charge in [-0.15, -0.1) is 0 Å². The van der Waals surface area contributed by atoms with E-state index in [1.165, 1.54) is 17.7 Å². The zero-order valence-electron chi connectivity index (χ0n) is 12.6. The van der Waals surface area contributed by atoms with E-state index in [0.29, 0.717) is 24.9 Å². The quantitative estimate of drug-likeness (QED) is 0.723. The maximum atomic E-state index is 12.0. The molecular formula is C14H18N6O2. The van der Waals surface area contributed by atoms with Gasteiger partial charge in [-0.2, -0.15) is 0 Å². The maximum Gasteiger partial charge on any atom is 0.332 e. The summed E-state index contributed by atoms with van der Waals surface area (Å²) in [4.78, 5) is 36.5. The van der Waals surface area contributed by atoms with Crippen molar-refractivity contribution in [2.24, 2.45) is 14.1 Å². The van der Waals surface area contributed by atoms with Gasteiger partial charge in [-0.1, -0.05) is 0 Å². The molecule has 1 fully saturated rings. The Morgan fingerprint density at radius 1 is 0.909 bits per heavy atom. The Kier molecular flexibility index (Phi) is 3.66. The standard InChI is InChI=1S/C14H18N6O2/c1-17-11(10-12(21)18(2)14(17)22)19-6-8-20(9-7-19)13-15-4-3-5-16-13/h3-5,10H,6-9H2,1-2H3. The number of anilines is 2. The lowest BCUT2D eigenvalue weighted by Crippen LogP contribution is -2.49. The molecule has 0 amide bonds. The van der Waals surface area contributed by atoms with Gasteiger partial charge in [-0.25, -0.2) is 14.8 Å². The van der Waals surface area contributed by atoms with Crippen LogP contribution in [0.4, 0.5) is 11.8 Å². The number of aromatic nitrogens is 4. The first-order valence-corrected chi connectivity index (χ1v) is 7.12. The van der Waals surface area contributed by atoms with E-state index in [9.17, 15) is 9.59 Å². The predicted molar refractivity (Wildman–Crippen MR) is 83.4 cm³/mol. The smallest absolute Gasteiger partial charge is 0.332 e. The normalized spacial score (nSPS) is 15.2. The lowest BCUT2D eigenvalue weighted by molar-refractivity contribution is 0.603. The lowest BCUT2D eigenvalue weighted by atomic mass is 10.3. The van der Waals surface area contributed by atoms with Crippen LogP contribution in [0, 0.1) is 0 Å². The molecule has 116 valence electrons. The average Bonchev–Trinajstić information content (AvgIpc) is 2.57. The van der Waals surface area contributed by atoms with Gasteiger partial charge in [0.25, 0.3) is 5.56 Å². The minimum absolute atomic E-state index is 0.285. The van der Waals surface area contributed by atoms with Crippen molar-refractivity contribution in [2.75, 3.05) is 36.0 Å². The fraction of sp³-hybridized carbons (Fsp3) is 0.429. The Bertz CT molecular complexity index is 774. The van der Waals surface area contributed by atoms with Crippen molar-refractivity contribution < 1.29 is 0 Å². The Balaban J connectivity index is 1.80. The number of nitrogens with zero attached hydrogens (tertiary/aromatic N) is 6. The first-order chi connectivity index (χ1) is 10.6. The zero-order chi connectivity index (χ0) is 15.7. The van der Waals surface area contributed by atoms with Crippen LogP contribution in [0.3, 0.4) is 0 Å². The maximum absolute atomic E-state index is 12.0. The van der Waals surface area contributed by atoms with Crippen molar-refractivity contribution in [1.82, 2.24) is 19.1 Å². The Morgan fingerprint density at radius 2 is 1.50 bits per heavy atom. The molecule has 0 saturated carbocycles. The summed E-state index contributed by atoms with van der Waals surface area (Å²) in [5.41, 5.74) is -0.594. The molecule has 22 heavy (non-hydrogen) atoms. The molecule has 8 heteroatoms. The van der Waals surface area contributed by atoms with Crippen LogP contribution in [-0.4, -0.2) is 45.3 Å². The SMILES string of the molecule is Cn1c(N2CCN(c3ncccn3)CC2)cc(=O)n(C)c1=O. The molecule has 0 spiro atoms. The van der Waals surface area contributed by atoms with E-state index < -0.39 is 0 Å². The van der Waals surface area contributed by atoms with Gasteiger partial charge in [-0.3, -0.25) is 13.9 Å². The molecule has 1 saturated heterocycles. The topological polar surface area (TPSA) is 76.3 Å². The fourth-order valence-corrected chi connectivity index (χ4v) is 2.61. The van der Waals surface area contributed by atoms with Gasteiger partial charge in [0, 0.05) is 58.7 Å². The van der Waals surface area contributed by atoms with Crippen molar-refractivity contribution in [2.45, 2.75) is 0 Å². The lowest BCUT2D eigenvalue weighted by Gasteiger charge is -2.36. The molecule has 2 aromatic heterocycles. The van der Waals surface area contributed by atoms with E-state index in [1.807, 2.05) is 4.90 Å².